The molecular weight excluding hydrogens is 372 g/mol. The summed E-state index contributed by atoms with van der Waals surface area (Å²) in [6.45, 7) is 4.46. The van der Waals surface area contributed by atoms with Crippen molar-refractivity contribution in [3.63, 3.8) is 0 Å². The van der Waals surface area contributed by atoms with Crippen molar-refractivity contribution in [2.45, 2.75) is 18.4 Å². The number of ether oxygens (including phenoxy) is 1. The number of benzene rings is 1. The van der Waals surface area contributed by atoms with Crippen molar-refractivity contribution in [3.05, 3.63) is 57.8 Å². The summed E-state index contributed by atoms with van der Waals surface area (Å²) in [6, 6.07) is 7.48. The van der Waals surface area contributed by atoms with Gasteiger partial charge in [0.2, 0.25) is 10.0 Å². The molecule has 0 atom stereocenters. The molecule has 1 aliphatic heterocycles. The topological polar surface area (TPSA) is 115 Å². The molecule has 0 spiro atoms. The molecule has 2 aromatic rings. The largest absolute Gasteiger partial charge is 0.378 e. The molecule has 1 N–H and O–H groups in total. The van der Waals surface area contributed by atoms with Crippen LogP contribution >= 0.6 is 0 Å². The molecule has 0 aliphatic carbocycles. The number of nitrogens with one attached hydrogen (secondary N) is 1. The Hall–Kier alpha value is -2.56. The first kappa shape index (κ1) is 19.2. The fourth-order valence-corrected chi connectivity index (χ4v) is 3.75. The quantitative estimate of drug-likeness (QED) is 0.587. The summed E-state index contributed by atoms with van der Waals surface area (Å²) in [5, 5.41) is 11.0. The molecule has 1 saturated heterocycles. The van der Waals surface area contributed by atoms with Gasteiger partial charge in [0.25, 0.3) is 5.69 Å². The molecule has 0 bridgehead atoms. The van der Waals surface area contributed by atoms with Crippen molar-refractivity contribution in [2.24, 2.45) is 0 Å². The number of nitro groups is 1. The second-order valence-electron chi connectivity index (χ2n) is 6.15. The molecule has 0 amide bonds. The van der Waals surface area contributed by atoms with Crippen LogP contribution < -0.4 is 9.62 Å². The van der Waals surface area contributed by atoms with Gasteiger partial charge in [-0.3, -0.25) is 10.1 Å². The summed E-state index contributed by atoms with van der Waals surface area (Å²) < 4.78 is 32.6. The van der Waals surface area contributed by atoms with Crippen LogP contribution in [0.3, 0.4) is 0 Å². The highest BCUT2D eigenvalue weighted by Crippen LogP contribution is 2.22. The van der Waals surface area contributed by atoms with E-state index in [2.05, 4.69) is 14.6 Å². The van der Waals surface area contributed by atoms with E-state index in [4.69, 9.17) is 4.74 Å². The summed E-state index contributed by atoms with van der Waals surface area (Å²) >= 11 is 0. The molecule has 27 heavy (non-hydrogen) atoms. The molecule has 0 radical (unpaired) electrons. The fourth-order valence-electron chi connectivity index (χ4n) is 2.72. The maximum Gasteiger partial charge on any atom is 0.273 e. The molecular formula is C17H20N4O5S. The van der Waals surface area contributed by atoms with E-state index in [1.54, 1.807) is 19.2 Å². The summed E-state index contributed by atoms with van der Waals surface area (Å²) in [5.41, 5.74) is 0.869. The number of morpholine rings is 1. The minimum Gasteiger partial charge on any atom is -0.378 e. The van der Waals surface area contributed by atoms with E-state index in [1.165, 1.54) is 12.1 Å². The zero-order valence-corrected chi connectivity index (χ0v) is 15.6. The van der Waals surface area contributed by atoms with E-state index in [0.29, 0.717) is 24.3 Å². The molecule has 144 valence electrons. The molecule has 0 saturated carbocycles. The highest BCUT2D eigenvalue weighted by atomic mass is 32.2. The predicted octanol–water partition coefficient (Wildman–Crippen LogP) is 1.61. The van der Waals surface area contributed by atoms with Gasteiger partial charge >= 0.3 is 0 Å². The van der Waals surface area contributed by atoms with E-state index < -0.39 is 14.9 Å². The van der Waals surface area contributed by atoms with Gasteiger partial charge in [-0.25, -0.2) is 18.1 Å². The number of nitrogens with zero attached hydrogens (tertiary/aromatic N) is 3. The standard InChI is InChI=1S/C17H20N4O5S/c1-13-2-4-15(10-16(13)21(22)23)27(24,25)19-12-14-3-5-17(18-11-14)20-6-8-26-9-7-20/h2-5,10-11,19H,6-9,12H2,1H3. The number of rotatable bonds is 6. The number of aryl methyl sites for hydroxylation is 1. The Labute approximate surface area is 157 Å². The summed E-state index contributed by atoms with van der Waals surface area (Å²) in [6.07, 6.45) is 1.62. The average molecular weight is 392 g/mol. The maximum atomic E-state index is 12.4. The second kappa shape index (κ2) is 7.99. The third kappa shape index (κ3) is 4.59. The zero-order valence-electron chi connectivity index (χ0n) is 14.8. The summed E-state index contributed by atoms with van der Waals surface area (Å²) in [5.74, 6) is 0.819. The lowest BCUT2D eigenvalue weighted by Crippen LogP contribution is -2.36. The number of nitro benzene ring substituents is 1. The normalized spacial score (nSPS) is 14.9. The molecule has 10 heteroatoms. The number of aromatic nitrogens is 1. The first-order valence-corrected chi connectivity index (χ1v) is 9.87. The van der Waals surface area contributed by atoms with Crippen LogP contribution in [0.25, 0.3) is 0 Å². The molecule has 2 heterocycles. The van der Waals surface area contributed by atoms with E-state index in [1.807, 2.05) is 6.07 Å². The minimum absolute atomic E-state index is 0.0421. The van der Waals surface area contributed by atoms with Gasteiger partial charge in [-0.2, -0.15) is 0 Å². The molecule has 1 aliphatic rings. The molecule has 3 rings (SSSR count). The van der Waals surface area contributed by atoms with Crippen molar-refractivity contribution in [1.82, 2.24) is 9.71 Å². The van der Waals surface area contributed by atoms with Crippen LogP contribution in [-0.2, 0) is 21.3 Å². The van der Waals surface area contributed by atoms with Crippen molar-refractivity contribution >= 4 is 21.5 Å². The Morgan fingerprint density at radius 3 is 2.63 bits per heavy atom. The Balaban J connectivity index is 1.68. The molecule has 0 unspecified atom stereocenters. The van der Waals surface area contributed by atoms with Gasteiger partial charge in [-0.05, 0) is 24.6 Å². The number of hydrogen-bond donors (Lipinski definition) is 1. The Morgan fingerprint density at radius 2 is 2.00 bits per heavy atom. The van der Waals surface area contributed by atoms with E-state index in [9.17, 15) is 18.5 Å². The van der Waals surface area contributed by atoms with Crippen LogP contribution in [0.5, 0.6) is 0 Å². The Morgan fingerprint density at radius 1 is 1.26 bits per heavy atom. The van der Waals surface area contributed by atoms with Gasteiger partial charge < -0.3 is 9.64 Å². The lowest BCUT2D eigenvalue weighted by atomic mass is 10.2. The van der Waals surface area contributed by atoms with Crippen LogP contribution in [0.15, 0.2) is 41.4 Å². The number of hydrogen-bond acceptors (Lipinski definition) is 7. The van der Waals surface area contributed by atoms with E-state index in [0.717, 1.165) is 25.0 Å². The zero-order chi connectivity index (χ0) is 19.4. The fraction of sp³-hybridized carbons (Fsp3) is 0.353. The van der Waals surface area contributed by atoms with Crippen LogP contribution in [0.2, 0.25) is 0 Å². The van der Waals surface area contributed by atoms with Gasteiger partial charge in [-0.1, -0.05) is 12.1 Å². The van der Waals surface area contributed by atoms with Gasteiger partial charge in [-0.15, -0.1) is 0 Å². The van der Waals surface area contributed by atoms with E-state index >= 15 is 0 Å². The maximum absolute atomic E-state index is 12.4. The Kier molecular flexibility index (Phi) is 5.68. The van der Waals surface area contributed by atoms with Crippen LogP contribution in [0, 0.1) is 17.0 Å². The minimum atomic E-state index is -3.87. The van der Waals surface area contributed by atoms with Crippen LogP contribution in [0.4, 0.5) is 11.5 Å². The van der Waals surface area contributed by atoms with Gasteiger partial charge in [0, 0.05) is 37.5 Å². The van der Waals surface area contributed by atoms with E-state index in [-0.39, 0.29) is 17.1 Å². The highest BCUT2D eigenvalue weighted by Gasteiger charge is 2.20. The van der Waals surface area contributed by atoms with Crippen molar-refractivity contribution in [1.29, 1.82) is 0 Å². The molecule has 1 aromatic heterocycles. The third-order valence-corrected chi connectivity index (χ3v) is 5.70. The first-order valence-electron chi connectivity index (χ1n) is 8.39. The lowest BCUT2D eigenvalue weighted by molar-refractivity contribution is -0.385. The summed E-state index contributed by atoms with van der Waals surface area (Å²) in [7, 11) is -3.87. The predicted molar refractivity (Wildman–Crippen MR) is 99.1 cm³/mol. The first-order chi connectivity index (χ1) is 12.9. The van der Waals surface area contributed by atoms with Crippen molar-refractivity contribution in [3.8, 4) is 0 Å². The van der Waals surface area contributed by atoms with Crippen molar-refractivity contribution in [2.75, 3.05) is 31.2 Å². The molecule has 1 aromatic carbocycles. The average Bonchev–Trinajstić information content (AvgIpc) is 2.67. The Bertz CT molecular complexity index is 925. The lowest BCUT2D eigenvalue weighted by Gasteiger charge is -2.27. The number of anilines is 1. The van der Waals surface area contributed by atoms with Crippen molar-refractivity contribution < 1.29 is 18.1 Å². The third-order valence-electron chi connectivity index (χ3n) is 4.30. The summed E-state index contributed by atoms with van der Waals surface area (Å²) in [4.78, 5) is 16.7. The number of pyridine rings is 1. The SMILES string of the molecule is Cc1ccc(S(=O)(=O)NCc2ccc(N3CCOCC3)nc2)cc1[N+](=O)[O-]. The van der Waals surface area contributed by atoms with Gasteiger partial charge in [0.15, 0.2) is 0 Å². The molecule has 1 fully saturated rings. The monoisotopic (exact) mass is 392 g/mol. The molecule has 9 nitrogen and oxygen atoms in total. The second-order valence-corrected chi connectivity index (χ2v) is 7.92. The highest BCUT2D eigenvalue weighted by molar-refractivity contribution is 7.89. The van der Waals surface area contributed by atoms with Crippen LogP contribution in [0.1, 0.15) is 11.1 Å². The van der Waals surface area contributed by atoms with Crippen LogP contribution in [-0.4, -0.2) is 44.6 Å². The van der Waals surface area contributed by atoms with Gasteiger partial charge in [0.05, 0.1) is 23.0 Å². The van der Waals surface area contributed by atoms with Gasteiger partial charge in [0.1, 0.15) is 5.82 Å². The number of sulfonamides is 1. The smallest absolute Gasteiger partial charge is 0.273 e.